The Hall–Kier alpha value is -0.163. The van der Waals surface area contributed by atoms with E-state index in [2.05, 4.69) is 6.58 Å². The van der Waals surface area contributed by atoms with Crippen LogP contribution in [-0.2, 0) is 9.47 Å². The molecule has 0 unspecified atom stereocenters. The van der Waals surface area contributed by atoms with E-state index in [1.165, 1.54) is 19.9 Å². The van der Waals surface area contributed by atoms with Gasteiger partial charge in [-0.05, 0) is 0 Å². The Bertz CT molecular complexity index is 82.3. The molecular formula is C5H11O3Si. The van der Waals surface area contributed by atoms with E-state index in [4.69, 9.17) is 14.3 Å². The summed E-state index contributed by atoms with van der Waals surface area (Å²) >= 11 is 0. The number of hydrogen-bond acceptors (Lipinski definition) is 3. The van der Waals surface area contributed by atoms with E-state index in [0.717, 1.165) is 0 Å². The molecule has 1 radical (unpaired) electrons. The van der Waals surface area contributed by atoms with Gasteiger partial charge in [-0.3, -0.25) is 0 Å². The lowest BCUT2D eigenvalue weighted by Crippen LogP contribution is -2.32. The average Bonchev–Trinajstić information content (AvgIpc) is 1.90. The van der Waals surface area contributed by atoms with Crippen molar-refractivity contribution < 1.29 is 14.3 Å². The highest BCUT2D eigenvalue weighted by atomic mass is 28.3. The second kappa shape index (κ2) is 4.69. The fourth-order valence-electron chi connectivity index (χ4n) is 0.434. The van der Waals surface area contributed by atoms with E-state index in [0.29, 0.717) is 0 Å². The number of ether oxygens (including phenoxy) is 2. The summed E-state index contributed by atoms with van der Waals surface area (Å²) in [6.07, 6.45) is 0. The van der Waals surface area contributed by atoms with E-state index < -0.39 is 15.0 Å². The Labute approximate surface area is 56.6 Å². The predicted molar refractivity (Wildman–Crippen MR) is 36.0 cm³/mol. The predicted octanol–water partition coefficient (Wildman–Crippen LogP) is -0.147. The molecule has 0 aliphatic heterocycles. The van der Waals surface area contributed by atoms with Crippen molar-refractivity contribution in [2.75, 3.05) is 14.2 Å². The van der Waals surface area contributed by atoms with Gasteiger partial charge >= 0.3 is 9.04 Å². The van der Waals surface area contributed by atoms with Crippen LogP contribution in [0, 0.1) is 0 Å². The van der Waals surface area contributed by atoms with Crippen LogP contribution in [0.25, 0.3) is 0 Å². The minimum atomic E-state index is -1.65. The summed E-state index contributed by atoms with van der Waals surface area (Å²) in [5.74, 6) is -0.493. The highest BCUT2D eigenvalue weighted by Gasteiger charge is 2.17. The number of methoxy groups -OCH3 is 2. The molecule has 0 spiro atoms. The molecule has 4 heteroatoms. The van der Waals surface area contributed by atoms with Gasteiger partial charge in [-0.2, -0.15) is 0 Å². The molecule has 0 aromatic rings. The van der Waals surface area contributed by atoms with Gasteiger partial charge in [0.15, 0.2) is 5.91 Å². The van der Waals surface area contributed by atoms with E-state index in [9.17, 15) is 0 Å². The normalized spacial score (nSPS) is 10.8. The van der Waals surface area contributed by atoms with Crippen LogP contribution in [0.15, 0.2) is 12.3 Å². The molecule has 0 saturated carbocycles. The van der Waals surface area contributed by atoms with Crippen molar-refractivity contribution in [2.24, 2.45) is 0 Å². The minimum absolute atomic E-state index is 0.493. The van der Waals surface area contributed by atoms with Crippen molar-refractivity contribution in [1.29, 1.82) is 0 Å². The quantitative estimate of drug-likeness (QED) is 0.444. The Morgan fingerprint density at radius 1 is 1.56 bits per heavy atom. The minimum Gasteiger partial charge on any atom is -0.424 e. The fourth-order valence-corrected chi connectivity index (χ4v) is 1.11. The van der Waals surface area contributed by atoms with Gasteiger partial charge in [0.05, 0.1) is 0 Å². The summed E-state index contributed by atoms with van der Waals surface area (Å²) < 4.78 is 9.51. The van der Waals surface area contributed by atoms with Gasteiger partial charge in [-0.25, -0.2) is 0 Å². The molecule has 0 aromatic heterocycles. The maximum absolute atomic E-state index is 9.05. The summed E-state index contributed by atoms with van der Waals surface area (Å²) in [7, 11) is 1.32. The lowest BCUT2D eigenvalue weighted by molar-refractivity contribution is -0.0530. The smallest absolute Gasteiger partial charge is 0.300 e. The van der Waals surface area contributed by atoms with Crippen molar-refractivity contribution in [1.82, 2.24) is 0 Å². The lowest BCUT2D eigenvalue weighted by atomic mass is 11.3. The maximum atomic E-state index is 9.05. The van der Waals surface area contributed by atoms with Gasteiger partial charge in [-0.15, -0.1) is 6.58 Å². The number of rotatable bonds is 4. The highest BCUT2D eigenvalue weighted by Crippen LogP contribution is 1.94. The molecule has 0 rings (SSSR count). The van der Waals surface area contributed by atoms with Crippen LogP contribution < -0.4 is 0 Å². The van der Waals surface area contributed by atoms with Crippen molar-refractivity contribution in [3.63, 3.8) is 0 Å². The van der Waals surface area contributed by atoms with Crippen molar-refractivity contribution >= 4 is 9.04 Å². The third-order valence-corrected chi connectivity index (χ3v) is 2.25. The van der Waals surface area contributed by atoms with Crippen molar-refractivity contribution in [3.05, 3.63) is 12.3 Å². The summed E-state index contributed by atoms with van der Waals surface area (Å²) in [6.45, 7) is 3.41. The van der Waals surface area contributed by atoms with E-state index in [1.807, 2.05) is 0 Å². The van der Waals surface area contributed by atoms with Gasteiger partial charge in [0, 0.05) is 14.2 Å². The van der Waals surface area contributed by atoms with Crippen molar-refractivity contribution in [2.45, 2.75) is 5.91 Å². The van der Waals surface area contributed by atoms with Crippen LogP contribution in [-0.4, -0.2) is 34.0 Å². The molecule has 0 heterocycles. The lowest BCUT2D eigenvalue weighted by Gasteiger charge is -2.13. The molecule has 0 saturated heterocycles. The zero-order valence-electron chi connectivity index (χ0n) is 5.63. The maximum Gasteiger partial charge on any atom is 0.300 e. The van der Waals surface area contributed by atoms with Gasteiger partial charge < -0.3 is 14.3 Å². The monoisotopic (exact) mass is 147 g/mol. The molecule has 9 heavy (non-hydrogen) atoms. The first kappa shape index (κ1) is 8.84. The zero-order chi connectivity index (χ0) is 7.28. The molecule has 3 nitrogen and oxygen atoms in total. The molecular weight excluding hydrogens is 136 g/mol. The van der Waals surface area contributed by atoms with Crippen LogP contribution in [0.4, 0.5) is 0 Å². The Morgan fingerprint density at radius 3 is 2.11 bits per heavy atom. The SMILES string of the molecule is C=C[Si](O)C(OC)OC. The first-order valence-electron chi connectivity index (χ1n) is 2.50. The molecule has 0 aliphatic rings. The van der Waals surface area contributed by atoms with E-state index >= 15 is 0 Å². The largest absolute Gasteiger partial charge is 0.424 e. The Balaban J connectivity index is 3.63. The Morgan fingerprint density at radius 2 is 2.00 bits per heavy atom. The molecule has 0 fully saturated rings. The third kappa shape index (κ3) is 2.76. The fraction of sp³-hybridized carbons (Fsp3) is 0.600. The first-order chi connectivity index (χ1) is 4.26. The summed E-state index contributed by atoms with van der Waals surface area (Å²) in [5.41, 5.74) is 1.46. The summed E-state index contributed by atoms with van der Waals surface area (Å²) in [6, 6.07) is 0. The molecule has 0 aromatic carbocycles. The third-order valence-electron chi connectivity index (χ3n) is 0.879. The molecule has 0 atom stereocenters. The van der Waals surface area contributed by atoms with Crippen LogP contribution in [0.5, 0.6) is 0 Å². The highest BCUT2D eigenvalue weighted by molar-refractivity contribution is 6.57. The van der Waals surface area contributed by atoms with E-state index in [-0.39, 0.29) is 0 Å². The molecule has 0 amide bonds. The van der Waals surface area contributed by atoms with Gasteiger partial charge in [0.2, 0.25) is 0 Å². The second-order valence-electron chi connectivity index (χ2n) is 1.43. The standard InChI is InChI=1S/C5H11O3Si/c1-4-9(6)5(7-2)8-3/h4-6H,1H2,2-3H3. The summed E-state index contributed by atoms with van der Waals surface area (Å²) in [5, 5.41) is 0. The molecule has 1 N–H and O–H groups in total. The van der Waals surface area contributed by atoms with Crippen molar-refractivity contribution in [3.8, 4) is 0 Å². The zero-order valence-corrected chi connectivity index (χ0v) is 6.63. The van der Waals surface area contributed by atoms with Gasteiger partial charge in [-0.1, -0.05) is 5.70 Å². The second-order valence-corrected chi connectivity index (χ2v) is 3.16. The molecule has 53 valence electrons. The topological polar surface area (TPSA) is 38.7 Å². The first-order valence-corrected chi connectivity index (χ1v) is 4.10. The molecule has 0 bridgehead atoms. The molecule has 0 aliphatic carbocycles. The number of hydrogen-bond donors (Lipinski definition) is 1. The van der Waals surface area contributed by atoms with Crippen LogP contribution in [0.2, 0.25) is 0 Å². The summed E-state index contributed by atoms with van der Waals surface area (Å²) in [4.78, 5) is 9.05. The van der Waals surface area contributed by atoms with E-state index in [1.54, 1.807) is 0 Å². The van der Waals surface area contributed by atoms with Crippen LogP contribution >= 0.6 is 0 Å². The Kier molecular flexibility index (Phi) is 4.61. The average molecular weight is 147 g/mol. The van der Waals surface area contributed by atoms with Gasteiger partial charge in [0.25, 0.3) is 0 Å². The van der Waals surface area contributed by atoms with Gasteiger partial charge in [0.1, 0.15) is 0 Å². The van der Waals surface area contributed by atoms with Crippen LogP contribution in [0.3, 0.4) is 0 Å². The van der Waals surface area contributed by atoms with Crippen LogP contribution in [0.1, 0.15) is 0 Å².